The molecule has 0 bridgehead atoms. The van der Waals surface area contributed by atoms with E-state index in [-0.39, 0.29) is 18.5 Å². The van der Waals surface area contributed by atoms with Gasteiger partial charge in [-0.25, -0.2) is 9.07 Å². The van der Waals surface area contributed by atoms with Crippen molar-refractivity contribution in [3.63, 3.8) is 0 Å². The number of amides is 1. The maximum absolute atomic E-state index is 14.4. The van der Waals surface area contributed by atoms with Gasteiger partial charge in [-0.1, -0.05) is 19.1 Å². The summed E-state index contributed by atoms with van der Waals surface area (Å²) >= 11 is 0. The van der Waals surface area contributed by atoms with Crippen molar-refractivity contribution in [2.45, 2.75) is 26.7 Å². The van der Waals surface area contributed by atoms with Crippen LogP contribution in [0.15, 0.2) is 48.5 Å². The van der Waals surface area contributed by atoms with E-state index in [4.69, 9.17) is 9.47 Å². The van der Waals surface area contributed by atoms with E-state index in [0.717, 1.165) is 6.42 Å². The van der Waals surface area contributed by atoms with Gasteiger partial charge in [0.05, 0.1) is 17.9 Å². The van der Waals surface area contributed by atoms with Gasteiger partial charge in [-0.05, 0) is 49.7 Å². The Hall–Kier alpha value is -3.26. The standard InChI is InChI=1S/C22H25FN4O3/c1-3-7-20(28)24-16-10-12-17(13-11-16)27-21(18-8-5-6-9-19(18)23)25-22(26-27)30-15-14-29-4-2/h5-6,8-13H,3-4,7,14-15H2,1-2H3,(H,24,28). The summed E-state index contributed by atoms with van der Waals surface area (Å²) in [7, 11) is 0. The van der Waals surface area contributed by atoms with Gasteiger partial charge in [0.2, 0.25) is 5.91 Å². The minimum Gasteiger partial charge on any atom is -0.460 e. The van der Waals surface area contributed by atoms with Crippen LogP contribution >= 0.6 is 0 Å². The van der Waals surface area contributed by atoms with Crippen molar-refractivity contribution in [2.24, 2.45) is 0 Å². The number of hydrogen-bond donors (Lipinski definition) is 1. The van der Waals surface area contributed by atoms with Crippen molar-refractivity contribution in [2.75, 3.05) is 25.1 Å². The van der Waals surface area contributed by atoms with Gasteiger partial charge in [0.25, 0.3) is 0 Å². The second-order valence-electron chi connectivity index (χ2n) is 6.50. The van der Waals surface area contributed by atoms with Crippen LogP contribution in [0.25, 0.3) is 17.1 Å². The minimum atomic E-state index is -0.407. The smallest absolute Gasteiger partial charge is 0.336 e. The third-order valence-electron chi connectivity index (χ3n) is 4.24. The summed E-state index contributed by atoms with van der Waals surface area (Å²) < 4.78 is 26.8. The molecule has 0 saturated carbocycles. The lowest BCUT2D eigenvalue weighted by Gasteiger charge is -2.08. The van der Waals surface area contributed by atoms with Crippen molar-refractivity contribution in [3.05, 3.63) is 54.3 Å². The summed E-state index contributed by atoms with van der Waals surface area (Å²) in [6, 6.07) is 13.6. The number of carbonyl (C=O) groups is 1. The lowest BCUT2D eigenvalue weighted by atomic mass is 10.2. The van der Waals surface area contributed by atoms with Gasteiger partial charge in [0, 0.05) is 18.7 Å². The van der Waals surface area contributed by atoms with E-state index in [0.29, 0.717) is 42.4 Å². The third kappa shape index (κ3) is 5.42. The summed E-state index contributed by atoms with van der Waals surface area (Å²) in [6.07, 6.45) is 1.24. The fourth-order valence-electron chi connectivity index (χ4n) is 2.82. The number of nitrogens with zero attached hydrogens (tertiary/aromatic N) is 3. The first kappa shape index (κ1) is 21.4. The predicted molar refractivity (Wildman–Crippen MR) is 112 cm³/mol. The average Bonchev–Trinajstić information content (AvgIpc) is 3.16. The molecule has 30 heavy (non-hydrogen) atoms. The highest BCUT2D eigenvalue weighted by atomic mass is 19.1. The molecule has 1 amide bonds. The Balaban J connectivity index is 1.89. The van der Waals surface area contributed by atoms with E-state index in [1.165, 1.54) is 10.7 Å². The third-order valence-corrected chi connectivity index (χ3v) is 4.24. The van der Waals surface area contributed by atoms with Crippen LogP contribution in [-0.4, -0.2) is 40.5 Å². The molecule has 0 saturated heterocycles. The predicted octanol–water partition coefficient (Wildman–Crippen LogP) is 4.23. The zero-order valence-corrected chi connectivity index (χ0v) is 17.1. The summed E-state index contributed by atoms with van der Waals surface area (Å²) in [5.41, 5.74) is 1.65. The molecule has 2 aromatic carbocycles. The number of rotatable bonds is 10. The number of benzene rings is 2. The van der Waals surface area contributed by atoms with Gasteiger partial charge >= 0.3 is 6.01 Å². The van der Waals surface area contributed by atoms with Gasteiger partial charge in [-0.3, -0.25) is 4.79 Å². The van der Waals surface area contributed by atoms with Crippen LogP contribution in [0, 0.1) is 5.82 Å². The molecule has 1 aromatic heterocycles. The highest BCUT2D eigenvalue weighted by Crippen LogP contribution is 2.26. The highest BCUT2D eigenvalue weighted by molar-refractivity contribution is 5.90. The Morgan fingerprint density at radius 1 is 1.10 bits per heavy atom. The number of hydrogen-bond acceptors (Lipinski definition) is 5. The van der Waals surface area contributed by atoms with Crippen molar-refractivity contribution >= 4 is 11.6 Å². The van der Waals surface area contributed by atoms with Gasteiger partial charge in [0.1, 0.15) is 12.4 Å². The summed E-state index contributed by atoms with van der Waals surface area (Å²) in [4.78, 5) is 16.2. The average molecular weight is 412 g/mol. The van der Waals surface area contributed by atoms with E-state index in [2.05, 4.69) is 15.4 Å². The molecule has 0 atom stereocenters. The SMILES string of the molecule is CCCC(=O)Nc1ccc(-n2nc(OCCOCC)nc2-c2ccccc2F)cc1. The van der Waals surface area contributed by atoms with Gasteiger partial charge < -0.3 is 14.8 Å². The normalized spacial score (nSPS) is 10.8. The van der Waals surface area contributed by atoms with E-state index in [9.17, 15) is 9.18 Å². The molecule has 0 fully saturated rings. The second kappa shape index (κ2) is 10.5. The van der Waals surface area contributed by atoms with Crippen LogP contribution in [0.4, 0.5) is 10.1 Å². The molecule has 0 radical (unpaired) electrons. The quantitative estimate of drug-likeness (QED) is 0.504. The van der Waals surface area contributed by atoms with Crippen molar-refractivity contribution < 1.29 is 18.7 Å². The first-order chi connectivity index (χ1) is 14.6. The monoisotopic (exact) mass is 412 g/mol. The molecule has 0 aliphatic heterocycles. The molecular formula is C22H25FN4O3. The summed E-state index contributed by atoms with van der Waals surface area (Å²) in [6.45, 7) is 5.14. The zero-order chi connectivity index (χ0) is 21.3. The van der Waals surface area contributed by atoms with Gasteiger partial charge in [-0.15, -0.1) is 5.10 Å². The summed E-state index contributed by atoms with van der Waals surface area (Å²) in [5.74, 6) is -0.124. The van der Waals surface area contributed by atoms with Crippen molar-refractivity contribution in [1.29, 1.82) is 0 Å². The molecule has 0 spiro atoms. The molecule has 158 valence electrons. The second-order valence-corrected chi connectivity index (χ2v) is 6.50. The number of ether oxygens (including phenoxy) is 2. The summed E-state index contributed by atoms with van der Waals surface area (Å²) in [5, 5.41) is 7.23. The molecule has 7 nitrogen and oxygen atoms in total. The Morgan fingerprint density at radius 3 is 2.57 bits per heavy atom. The van der Waals surface area contributed by atoms with Crippen LogP contribution < -0.4 is 10.1 Å². The molecule has 8 heteroatoms. The Morgan fingerprint density at radius 2 is 1.87 bits per heavy atom. The highest BCUT2D eigenvalue weighted by Gasteiger charge is 2.17. The number of aromatic nitrogens is 3. The molecule has 3 rings (SSSR count). The van der Waals surface area contributed by atoms with Crippen molar-refractivity contribution in [1.82, 2.24) is 14.8 Å². The largest absolute Gasteiger partial charge is 0.460 e. The molecule has 0 unspecified atom stereocenters. The Labute approximate surface area is 174 Å². The van der Waals surface area contributed by atoms with Crippen LogP contribution in [0.2, 0.25) is 0 Å². The molecule has 1 heterocycles. The van der Waals surface area contributed by atoms with E-state index < -0.39 is 5.82 Å². The number of nitrogens with one attached hydrogen (secondary N) is 1. The lowest BCUT2D eigenvalue weighted by Crippen LogP contribution is -2.10. The molecule has 1 N–H and O–H groups in total. The van der Waals surface area contributed by atoms with Crippen LogP contribution in [0.3, 0.4) is 0 Å². The lowest BCUT2D eigenvalue weighted by molar-refractivity contribution is -0.116. The van der Waals surface area contributed by atoms with E-state index in [1.54, 1.807) is 42.5 Å². The first-order valence-electron chi connectivity index (χ1n) is 9.95. The van der Waals surface area contributed by atoms with Gasteiger partial charge in [0.15, 0.2) is 5.82 Å². The topological polar surface area (TPSA) is 78.3 Å². The van der Waals surface area contributed by atoms with Gasteiger partial charge in [-0.2, -0.15) is 4.98 Å². The van der Waals surface area contributed by atoms with Crippen molar-refractivity contribution in [3.8, 4) is 23.1 Å². The molecular weight excluding hydrogens is 387 g/mol. The number of halogens is 1. The molecule has 3 aromatic rings. The fourth-order valence-corrected chi connectivity index (χ4v) is 2.82. The maximum atomic E-state index is 14.4. The van der Waals surface area contributed by atoms with E-state index in [1.807, 2.05) is 13.8 Å². The maximum Gasteiger partial charge on any atom is 0.336 e. The fraction of sp³-hybridized carbons (Fsp3) is 0.318. The van der Waals surface area contributed by atoms with Crippen LogP contribution in [0.1, 0.15) is 26.7 Å². The number of carbonyl (C=O) groups excluding carboxylic acids is 1. The number of anilines is 1. The minimum absolute atomic E-state index is 0.0389. The zero-order valence-electron chi connectivity index (χ0n) is 17.1. The molecule has 0 aliphatic carbocycles. The van der Waals surface area contributed by atoms with Crippen LogP contribution in [0.5, 0.6) is 6.01 Å². The van der Waals surface area contributed by atoms with Crippen LogP contribution in [-0.2, 0) is 9.53 Å². The van der Waals surface area contributed by atoms with E-state index >= 15 is 0 Å². The molecule has 0 aliphatic rings. The first-order valence-corrected chi connectivity index (χ1v) is 9.95. The Kier molecular flexibility index (Phi) is 7.51. The Bertz CT molecular complexity index is 973.